The molecule has 0 radical (unpaired) electrons. The number of hydrogen-bond donors (Lipinski definition) is 2. The monoisotopic (exact) mass is 504 g/mol. The van der Waals surface area contributed by atoms with E-state index < -0.39 is 19.0 Å². The summed E-state index contributed by atoms with van der Waals surface area (Å²) in [5.41, 5.74) is 6.32. The van der Waals surface area contributed by atoms with E-state index >= 15 is 0 Å². The second-order valence-corrected chi connectivity index (χ2v) is 11.4. The third kappa shape index (κ3) is 7.48. The first-order chi connectivity index (χ1) is 16.5. The first-order valence-corrected chi connectivity index (χ1v) is 13.1. The molecule has 1 unspecified atom stereocenters. The van der Waals surface area contributed by atoms with Crippen molar-refractivity contribution < 1.29 is 23.4 Å². The van der Waals surface area contributed by atoms with E-state index in [0.29, 0.717) is 29.3 Å². The number of rotatable bonds is 11. The maximum absolute atomic E-state index is 13.7. The Hall–Kier alpha value is -3.01. The molecule has 3 N–H and O–H groups in total. The minimum absolute atomic E-state index is 0.0376. The average Bonchev–Trinajstić information content (AvgIpc) is 3.20. The van der Waals surface area contributed by atoms with Crippen molar-refractivity contribution in [1.82, 2.24) is 24.6 Å². The van der Waals surface area contributed by atoms with Gasteiger partial charge >= 0.3 is 13.5 Å². The highest BCUT2D eigenvalue weighted by atomic mass is 31.2. The number of carbonyl (C=O) groups excluding carboxylic acids is 1. The lowest BCUT2D eigenvalue weighted by Crippen LogP contribution is -2.34. The highest BCUT2D eigenvalue weighted by molar-refractivity contribution is 7.57. The standard InChI is InChI=1S/C23H33N6O5P/c1-16(12-32-22(30)23(3,4)5)28-35(31,34-18-9-7-6-8-10-18)15-33-17(2)11-29-14-27-19-20(24)25-13-26-21(19)29/h6-10,13-14,16-17H,11-12,15H2,1-5H3,(H,28,31)(H2,24,25,26)/t16-,17+,35?/m0/s1. The van der Waals surface area contributed by atoms with Crippen LogP contribution in [0.5, 0.6) is 5.75 Å². The van der Waals surface area contributed by atoms with Gasteiger partial charge in [-0.1, -0.05) is 18.2 Å². The zero-order valence-electron chi connectivity index (χ0n) is 20.7. The smallest absolute Gasteiger partial charge is 0.342 e. The number of ether oxygens (including phenoxy) is 2. The molecule has 0 amide bonds. The zero-order valence-corrected chi connectivity index (χ0v) is 21.6. The molecular formula is C23H33N6O5P. The molecular weight excluding hydrogens is 471 g/mol. The van der Waals surface area contributed by atoms with Crippen LogP contribution in [0, 0.1) is 5.41 Å². The van der Waals surface area contributed by atoms with Crippen LogP contribution in [0.2, 0.25) is 0 Å². The van der Waals surface area contributed by atoms with Crippen molar-refractivity contribution in [3.05, 3.63) is 43.0 Å². The van der Waals surface area contributed by atoms with Crippen LogP contribution in [0.15, 0.2) is 43.0 Å². The van der Waals surface area contributed by atoms with Gasteiger partial charge in [0.25, 0.3) is 0 Å². The van der Waals surface area contributed by atoms with Gasteiger partial charge in [-0.25, -0.2) is 20.0 Å². The lowest BCUT2D eigenvalue weighted by molar-refractivity contribution is -0.153. The quantitative estimate of drug-likeness (QED) is 0.293. The van der Waals surface area contributed by atoms with Crippen molar-refractivity contribution in [2.24, 2.45) is 5.41 Å². The Morgan fingerprint density at radius 2 is 1.89 bits per heavy atom. The molecule has 12 heteroatoms. The number of benzene rings is 1. The number of nitrogen functional groups attached to an aromatic ring is 1. The van der Waals surface area contributed by atoms with E-state index in [9.17, 15) is 9.36 Å². The number of aromatic nitrogens is 4. The van der Waals surface area contributed by atoms with Crippen LogP contribution in [0.3, 0.4) is 0 Å². The molecule has 0 fully saturated rings. The predicted octanol–water partition coefficient (Wildman–Crippen LogP) is 3.61. The first kappa shape index (κ1) is 26.6. The second kappa shape index (κ2) is 11.2. The van der Waals surface area contributed by atoms with E-state index in [4.69, 9.17) is 19.7 Å². The molecule has 0 bridgehead atoms. The minimum atomic E-state index is -3.53. The number of nitrogens with two attached hydrogens (primary N) is 1. The van der Waals surface area contributed by atoms with Gasteiger partial charge in [0.15, 0.2) is 11.5 Å². The molecule has 0 aliphatic heterocycles. The number of esters is 1. The Labute approximate surface area is 204 Å². The number of anilines is 1. The van der Waals surface area contributed by atoms with Crippen LogP contribution >= 0.6 is 7.52 Å². The number of nitrogens with zero attached hydrogens (tertiary/aromatic N) is 4. The number of hydrogen-bond acceptors (Lipinski definition) is 9. The third-order valence-corrected chi connectivity index (χ3v) is 6.73. The maximum atomic E-state index is 13.7. The van der Waals surface area contributed by atoms with Gasteiger partial charge in [-0.05, 0) is 46.8 Å². The molecule has 11 nitrogen and oxygen atoms in total. The molecule has 0 aliphatic carbocycles. The minimum Gasteiger partial charge on any atom is -0.464 e. The Kier molecular flexibility index (Phi) is 8.47. The number of para-hydroxylation sites is 1. The van der Waals surface area contributed by atoms with Gasteiger partial charge in [0.1, 0.15) is 30.5 Å². The van der Waals surface area contributed by atoms with Crippen LogP contribution in [-0.2, 0) is 25.4 Å². The van der Waals surface area contributed by atoms with E-state index in [1.165, 1.54) is 6.33 Å². The Balaban J connectivity index is 1.66. The third-order valence-electron chi connectivity index (χ3n) is 4.90. The van der Waals surface area contributed by atoms with Crippen molar-refractivity contribution in [2.45, 2.75) is 53.3 Å². The summed E-state index contributed by atoms with van der Waals surface area (Å²) in [6, 6.07) is 8.40. The molecule has 0 aliphatic rings. The molecule has 0 spiro atoms. The number of imidazole rings is 1. The van der Waals surface area contributed by atoms with Crippen LogP contribution in [0.25, 0.3) is 11.2 Å². The van der Waals surface area contributed by atoms with E-state index in [1.54, 1.807) is 62.9 Å². The number of fused-ring (bicyclic) bond motifs is 1. The molecule has 190 valence electrons. The largest absolute Gasteiger partial charge is 0.464 e. The Bertz CT molecular complexity index is 1180. The molecule has 2 heterocycles. The molecule has 35 heavy (non-hydrogen) atoms. The molecule has 3 rings (SSSR count). The van der Waals surface area contributed by atoms with Crippen molar-refractivity contribution in [3.63, 3.8) is 0 Å². The van der Waals surface area contributed by atoms with Crippen LogP contribution in [0.4, 0.5) is 5.82 Å². The Morgan fingerprint density at radius 3 is 2.57 bits per heavy atom. The molecule has 3 atom stereocenters. The van der Waals surface area contributed by atoms with Gasteiger partial charge in [-0.2, -0.15) is 0 Å². The fourth-order valence-corrected chi connectivity index (χ4v) is 4.96. The van der Waals surface area contributed by atoms with Gasteiger partial charge in [-0.3, -0.25) is 9.36 Å². The summed E-state index contributed by atoms with van der Waals surface area (Å²) >= 11 is 0. The van der Waals surface area contributed by atoms with Crippen molar-refractivity contribution in [3.8, 4) is 5.75 Å². The van der Waals surface area contributed by atoms with Crippen molar-refractivity contribution in [1.29, 1.82) is 0 Å². The second-order valence-electron chi connectivity index (χ2n) is 9.39. The summed E-state index contributed by atoms with van der Waals surface area (Å²) in [5, 5.41) is 2.97. The van der Waals surface area contributed by atoms with Crippen LogP contribution < -0.4 is 15.3 Å². The first-order valence-electron chi connectivity index (χ1n) is 11.3. The lowest BCUT2D eigenvalue weighted by atomic mass is 9.97. The zero-order chi connectivity index (χ0) is 25.6. The van der Waals surface area contributed by atoms with Crippen molar-refractivity contribution in [2.75, 3.05) is 18.7 Å². The highest BCUT2D eigenvalue weighted by Crippen LogP contribution is 2.44. The molecule has 3 aromatic rings. The van der Waals surface area contributed by atoms with E-state index in [-0.39, 0.29) is 25.0 Å². The maximum Gasteiger partial charge on any atom is 0.342 e. The molecule has 0 saturated carbocycles. The van der Waals surface area contributed by atoms with E-state index in [1.807, 2.05) is 13.0 Å². The molecule has 2 aromatic heterocycles. The van der Waals surface area contributed by atoms with Crippen LogP contribution in [-0.4, -0.2) is 50.6 Å². The van der Waals surface area contributed by atoms with Gasteiger partial charge in [0.05, 0.1) is 24.4 Å². The normalized spacial score (nSPS) is 15.3. The van der Waals surface area contributed by atoms with Gasteiger partial charge in [-0.15, -0.1) is 0 Å². The fourth-order valence-electron chi connectivity index (χ4n) is 3.12. The summed E-state index contributed by atoms with van der Waals surface area (Å²) in [4.78, 5) is 24.5. The SMILES string of the molecule is C[C@H](Cn1cnc2c(N)ncnc21)OCP(=O)(N[C@@H](C)COC(=O)C(C)(C)C)Oc1ccccc1. The van der Waals surface area contributed by atoms with Gasteiger partial charge < -0.3 is 24.3 Å². The predicted molar refractivity (Wildman–Crippen MR) is 133 cm³/mol. The Morgan fingerprint density at radius 1 is 1.17 bits per heavy atom. The van der Waals surface area contributed by atoms with Crippen LogP contribution in [0.1, 0.15) is 34.6 Å². The number of carbonyl (C=O) groups is 1. The summed E-state index contributed by atoms with van der Waals surface area (Å²) in [6.07, 6.45) is 2.43. The summed E-state index contributed by atoms with van der Waals surface area (Å²) in [6.45, 7) is 9.37. The molecule has 1 aromatic carbocycles. The van der Waals surface area contributed by atoms with E-state index in [2.05, 4.69) is 20.0 Å². The summed E-state index contributed by atoms with van der Waals surface area (Å²) in [5.74, 6) is 0.395. The van der Waals surface area contributed by atoms with Gasteiger partial charge in [0.2, 0.25) is 0 Å². The highest BCUT2D eigenvalue weighted by Gasteiger charge is 2.30. The summed E-state index contributed by atoms with van der Waals surface area (Å²) in [7, 11) is -3.53. The number of nitrogens with one attached hydrogen (secondary N) is 1. The average molecular weight is 505 g/mol. The fraction of sp³-hybridized carbons (Fsp3) is 0.478. The van der Waals surface area contributed by atoms with Gasteiger partial charge in [0, 0.05) is 6.04 Å². The van der Waals surface area contributed by atoms with Crippen molar-refractivity contribution >= 4 is 30.5 Å². The molecule has 0 saturated heterocycles. The van der Waals surface area contributed by atoms with E-state index in [0.717, 1.165) is 0 Å². The summed E-state index contributed by atoms with van der Waals surface area (Å²) < 4.78 is 32.7. The lowest BCUT2D eigenvalue weighted by Gasteiger charge is -2.26. The topological polar surface area (TPSA) is 143 Å².